The molecule has 1 aliphatic carbocycles. The van der Waals surface area contributed by atoms with Gasteiger partial charge in [0, 0.05) is 29.4 Å². The number of morpholine rings is 1. The Morgan fingerprint density at radius 2 is 2.25 bits per heavy atom. The summed E-state index contributed by atoms with van der Waals surface area (Å²) in [5.41, 5.74) is 0.997. The third-order valence-electron chi connectivity index (χ3n) is 5.14. The van der Waals surface area contributed by atoms with Gasteiger partial charge in [0.1, 0.15) is 0 Å². The Labute approximate surface area is 145 Å². The Bertz CT molecular complexity index is 645. The Balaban J connectivity index is 1.47. The summed E-state index contributed by atoms with van der Waals surface area (Å²) in [4.78, 5) is 6.87. The molecule has 0 amide bonds. The van der Waals surface area contributed by atoms with E-state index in [0.29, 0.717) is 31.5 Å². The van der Waals surface area contributed by atoms with Gasteiger partial charge < -0.3 is 14.4 Å². The van der Waals surface area contributed by atoms with Crippen LogP contribution in [0.1, 0.15) is 31.6 Å². The second-order valence-electron chi connectivity index (χ2n) is 6.65. The number of ether oxygens (including phenoxy) is 1. The van der Waals surface area contributed by atoms with Crippen LogP contribution in [0.4, 0.5) is 0 Å². The third kappa shape index (κ3) is 3.39. The first-order valence-corrected chi connectivity index (χ1v) is 9.60. The SMILES string of the molecule is O[C@@H]1CCCC[C@@H]1[C@H]1COCCN1Cc1nc(-c2ccsc2)no1. The van der Waals surface area contributed by atoms with Crippen molar-refractivity contribution in [3.05, 3.63) is 22.7 Å². The van der Waals surface area contributed by atoms with Crippen LogP contribution in [0.15, 0.2) is 21.3 Å². The van der Waals surface area contributed by atoms with Crippen LogP contribution in [0.5, 0.6) is 0 Å². The van der Waals surface area contributed by atoms with E-state index in [1.54, 1.807) is 11.3 Å². The highest BCUT2D eigenvalue weighted by Gasteiger charge is 2.36. The van der Waals surface area contributed by atoms with Gasteiger partial charge in [0.15, 0.2) is 0 Å². The lowest BCUT2D eigenvalue weighted by Gasteiger charge is -2.42. The van der Waals surface area contributed by atoms with Crippen molar-refractivity contribution in [1.82, 2.24) is 15.0 Å². The summed E-state index contributed by atoms with van der Waals surface area (Å²) in [6.45, 7) is 2.84. The zero-order valence-corrected chi connectivity index (χ0v) is 14.5. The van der Waals surface area contributed by atoms with Gasteiger partial charge in [-0.25, -0.2) is 0 Å². The molecule has 0 unspecified atom stereocenters. The fourth-order valence-corrected chi connectivity index (χ4v) is 4.47. The van der Waals surface area contributed by atoms with Crippen LogP contribution in [0, 0.1) is 5.92 Å². The maximum absolute atomic E-state index is 10.4. The highest BCUT2D eigenvalue weighted by molar-refractivity contribution is 7.08. The number of nitrogens with zero attached hydrogens (tertiary/aromatic N) is 3. The molecule has 6 nitrogen and oxygen atoms in total. The monoisotopic (exact) mass is 349 g/mol. The van der Waals surface area contributed by atoms with Crippen LogP contribution in [-0.2, 0) is 11.3 Å². The summed E-state index contributed by atoms with van der Waals surface area (Å²) in [5.74, 6) is 1.56. The predicted molar refractivity (Wildman–Crippen MR) is 90.6 cm³/mol. The zero-order valence-electron chi connectivity index (χ0n) is 13.6. The molecule has 0 spiro atoms. The van der Waals surface area contributed by atoms with Crippen LogP contribution in [0.3, 0.4) is 0 Å². The second-order valence-corrected chi connectivity index (χ2v) is 7.43. The number of hydrogen-bond acceptors (Lipinski definition) is 7. The Kier molecular flexibility index (Phi) is 4.93. The number of rotatable bonds is 4. The van der Waals surface area contributed by atoms with Crippen molar-refractivity contribution in [3.8, 4) is 11.4 Å². The van der Waals surface area contributed by atoms with Crippen molar-refractivity contribution in [1.29, 1.82) is 0 Å². The van der Waals surface area contributed by atoms with Crippen molar-refractivity contribution in [2.45, 2.75) is 44.4 Å². The minimum atomic E-state index is -0.225. The van der Waals surface area contributed by atoms with Crippen LogP contribution in [0.2, 0.25) is 0 Å². The van der Waals surface area contributed by atoms with Gasteiger partial charge >= 0.3 is 0 Å². The maximum Gasteiger partial charge on any atom is 0.241 e. The zero-order chi connectivity index (χ0) is 16.4. The number of aliphatic hydroxyl groups is 1. The minimum absolute atomic E-state index is 0.225. The summed E-state index contributed by atoms with van der Waals surface area (Å²) in [6, 6.07) is 2.22. The molecule has 7 heteroatoms. The molecule has 2 aliphatic rings. The molecule has 0 bridgehead atoms. The fourth-order valence-electron chi connectivity index (χ4n) is 3.84. The lowest BCUT2D eigenvalue weighted by Crippen LogP contribution is -2.52. The molecule has 130 valence electrons. The average molecular weight is 349 g/mol. The van der Waals surface area contributed by atoms with Crippen molar-refractivity contribution >= 4 is 11.3 Å². The molecule has 0 radical (unpaired) electrons. The van der Waals surface area contributed by atoms with Gasteiger partial charge in [-0.15, -0.1) is 0 Å². The van der Waals surface area contributed by atoms with Crippen molar-refractivity contribution < 1.29 is 14.4 Å². The molecule has 0 aromatic carbocycles. The molecular weight excluding hydrogens is 326 g/mol. The number of thiophene rings is 1. The van der Waals surface area contributed by atoms with Gasteiger partial charge in [-0.3, -0.25) is 4.90 Å². The van der Waals surface area contributed by atoms with E-state index >= 15 is 0 Å². The summed E-state index contributed by atoms with van der Waals surface area (Å²) >= 11 is 1.62. The van der Waals surface area contributed by atoms with E-state index in [4.69, 9.17) is 9.26 Å². The molecule has 1 N–H and O–H groups in total. The van der Waals surface area contributed by atoms with Gasteiger partial charge in [-0.1, -0.05) is 18.0 Å². The van der Waals surface area contributed by atoms with E-state index < -0.39 is 0 Å². The topological polar surface area (TPSA) is 71.6 Å². The Morgan fingerprint density at radius 1 is 1.33 bits per heavy atom. The smallest absolute Gasteiger partial charge is 0.241 e. The molecule has 3 heterocycles. The summed E-state index contributed by atoms with van der Waals surface area (Å²) in [6.07, 6.45) is 4.05. The van der Waals surface area contributed by atoms with E-state index in [1.165, 1.54) is 6.42 Å². The van der Waals surface area contributed by atoms with E-state index in [2.05, 4.69) is 15.0 Å². The molecule has 4 rings (SSSR count). The summed E-state index contributed by atoms with van der Waals surface area (Å²) in [7, 11) is 0. The maximum atomic E-state index is 10.4. The van der Waals surface area contributed by atoms with Crippen molar-refractivity contribution in [2.24, 2.45) is 5.92 Å². The normalized spacial score (nSPS) is 29.0. The van der Waals surface area contributed by atoms with E-state index in [0.717, 1.165) is 31.4 Å². The number of aromatic nitrogens is 2. The minimum Gasteiger partial charge on any atom is -0.393 e. The molecule has 2 aromatic rings. The molecule has 1 saturated carbocycles. The first kappa shape index (κ1) is 16.2. The molecule has 1 aliphatic heterocycles. The standard InChI is InChI=1S/C17H23N3O3S/c21-15-4-2-1-3-13(15)14-10-22-7-6-20(14)9-16-18-17(19-23-16)12-5-8-24-11-12/h5,8,11,13-15,21H,1-4,6-7,9-10H2/t13-,14-,15-/m1/s1. The predicted octanol–water partition coefficient (Wildman–Crippen LogP) is 2.55. The van der Waals surface area contributed by atoms with Gasteiger partial charge in [-0.2, -0.15) is 16.3 Å². The van der Waals surface area contributed by atoms with Crippen LogP contribution in [-0.4, -0.2) is 52.1 Å². The van der Waals surface area contributed by atoms with Crippen molar-refractivity contribution in [2.75, 3.05) is 19.8 Å². The highest BCUT2D eigenvalue weighted by Crippen LogP contribution is 2.31. The van der Waals surface area contributed by atoms with Crippen LogP contribution in [0.25, 0.3) is 11.4 Å². The lowest BCUT2D eigenvalue weighted by molar-refractivity contribution is -0.0740. The molecule has 1 saturated heterocycles. The summed E-state index contributed by atoms with van der Waals surface area (Å²) < 4.78 is 11.1. The molecule has 24 heavy (non-hydrogen) atoms. The van der Waals surface area contributed by atoms with Crippen LogP contribution >= 0.6 is 11.3 Å². The Morgan fingerprint density at radius 3 is 3.08 bits per heavy atom. The molecule has 2 aromatic heterocycles. The number of hydrogen-bond donors (Lipinski definition) is 1. The number of aliphatic hydroxyl groups excluding tert-OH is 1. The van der Waals surface area contributed by atoms with E-state index in [1.807, 2.05) is 16.8 Å². The van der Waals surface area contributed by atoms with Gasteiger partial charge in [0.2, 0.25) is 11.7 Å². The quantitative estimate of drug-likeness (QED) is 0.915. The first-order chi connectivity index (χ1) is 11.8. The first-order valence-electron chi connectivity index (χ1n) is 8.66. The largest absolute Gasteiger partial charge is 0.393 e. The molecular formula is C17H23N3O3S. The average Bonchev–Trinajstić information content (AvgIpc) is 3.27. The lowest BCUT2D eigenvalue weighted by atomic mass is 9.80. The fraction of sp³-hybridized carbons (Fsp3) is 0.647. The van der Waals surface area contributed by atoms with Gasteiger partial charge in [0.25, 0.3) is 0 Å². The van der Waals surface area contributed by atoms with E-state index in [-0.39, 0.29) is 18.1 Å². The van der Waals surface area contributed by atoms with E-state index in [9.17, 15) is 5.11 Å². The highest BCUT2D eigenvalue weighted by atomic mass is 32.1. The van der Waals surface area contributed by atoms with Crippen LogP contribution < -0.4 is 0 Å². The molecule has 2 fully saturated rings. The summed E-state index contributed by atoms with van der Waals surface area (Å²) in [5, 5.41) is 18.5. The second kappa shape index (κ2) is 7.31. The van der Waals surface area contributed by atoms with Gasteiger partial charge in [-0.05, 0) is 24.3 Å². The third-order valence-corrected chi connectivity index (χ3v) is 5.83. The van der Waals surface area contributed by atoms with Gasteiger partial charge in [0.05, 0.1) is 25.9 Å². The van der Waals surface area contributed by atoms with Crippen molar-refractivity contribution in [3.63, 3.8) is 0 Å². The Hall–Kier alpha value is -1.28. The molecule has 3 atom stereocenters.